The van der Waals surface area contributed by atoms with Gasteiger partial charge in [-0.15, -0.1) is 0 Å². The molecular formula is C14H15F2NO5S. The molecule has 126 valence electrons. The van der Waals surface area contributed by atoms with Crippen LogP contribution in [0.5, 0.6) is 0 Å². The maximum Gasteiger partial charge on any atom is 0.310 e. The lowest BCUT2D eigenvalue weighted by Crippen LogP contribution is -2.32. The first-order valence-corrected chi connectivity index (χ1v) is 8.67. The number of rotatable bonds is 4. The van der Waals surface area contributed by atoms with E-state index in [0.29, 0.717) is 6.07 Å². The molecule has 1 aromatic rings. The van der Waals surface area contributed by atoms with Crippen molar-refractivity contribution in [3.8, 4) is 0 Å². The fourth-order valence-electron chi connectivity index (χ4n) is 2.13. The van der Waals surface area contributed by atoms with Gasteiger partial charge in [0.2, 0.25) is 0 Å². The fourth-order valence-corrected chi connectivity index (χ4v) is 3.86. The van der Waals surface area contributed by atoms with E-state index in [9.17, 15) is 26.8 Å². The van der Waals surface area contributed by atoms with Gasteiger partial charge in [-0.2, -0.15) is 0 Å². The molecule has 1 aromatic carbocycles. The second kappa shape index (κ2) is 6.61. The number of hydrogen-bond acceptors (Lipinski definition) is 5. The van der Waals surface area contributed by atoms with Crippen LogP contribution in [0.1, 0.15) is 13.3 Å². The van der Waals surface area contributed by atoms with Crippen LogP contribution < -0.4 is 5.32 Å². The highest BCUT2D eigenvalue weighted by molar-refractivity contribution is 7.91. The van der Waals surface area contributed by atoms with Crippen LogP contribution in [0.4, 0.5) is 14.5 Å². The van der Waals surface area contributed by atoms with Crippen LogP contribution in [0.3, 0.4) is 0 Å². The molecule has 0 saturated carbocycles. The molecule has 1 fully saturated rings. The number of carbonyl (C=O) groups is 2. The lowest BCUT2D eigenvalue weighted by Gasteiger charge is -2.16. The minimum absolute atomic E-state index is 0.0892. The number of hydrogen-bond donors (Lipinski definition) is 1. The van der Waals surface area contributed by atoms with Crippen molar-refractivity contribution in [1.29, 1.82) is 0 Å². The van der Waals surface area contributed by atoms with Crippen LogP contribution in [0.25, 0.3) is 0 Å². The second-order valence-corrected chi connectivity index (χ2v) is 7.52. The van der Waals surface area contributed by atoms with Gasteiger partial charge < -0.3 is 10.1 Å². The number of carbonyl (C=O) groups excluding carboxylic acids is 2. The number of anilines is 1. The highest BCUT2D eigenvalue weighted by atomic mass is 32.2. The van der Waals surface area contributed by atoms with Gasteiger partial charge in [0.15, 0.2) is 15.9 Å². The minimum atomic E-state index is -3.24. The average molecular weight is 347 g/mol. The van der Waals surface area contributed by atoms with E-state index in [1.807, 2.05) is 0 Å². The summed E-state index contributed by atoms with van der Waals surface area (Å²) < 4.78 is 53.8. The van der Waals surface area contributed by atoms with E-state index in [1.54, 1.807) is 0 Å². The fraction of sp³-hybridized carbons (Fsp3) is 0.429. The summed E-state index contributed by atoms with van der Waals surface area (Å²) in [6.45, 7) is 1.28. The van der Waals surface area contributed by atoms with Crippen molar-refractivity contribution < 1.29 is 31.5 Å². The van der Waals surface area contributed by atoms with E-state index < -0.39 is 45.4 Å². The van der Waals surface area contributed by atoms with Crippen molar-refractivity contribution in [2.45, 2.75) is 19.4 Å². The van der Waals surface area contributed by atoms with Gasteiger partial charge in [0.1, 0.15) is 11.6 Å². The van der Waals surface area contributed by atoms with E-state index in [-0.39, 0.29) is 23.6 Å². The third-order valence-corrected chi connectivity index (χ3v) is 5.18. The third kappa shape index (κ3) is 4.47. The molecule has 0 bridgehead atoms. The first-order valence-electron chi connectivity index (χ1n) is 6.85. The average Bonchev–Trinajstić information content (AvgIpc) is 2.82. The van der Waals surface area contributed by atoms with E-state index in [2.05, 4.69) is 5.32 Å². The molecule has 1 heterocycles. The van der Waals surface area contributed by atoms with Crippen LogP contribution in [0, 0.1) is 17.6 Å². The number of benzene rings is 1. The Morgan fingerprint density at radius 3 is 2.61 bits per heavy atom. The Hall–Kier alpha value is -2.03. The van der Waals surface area contributed by atoms with E-state index >= 15 is 0 Å². The van der Waals surface area contributed by atoms with Gasteiger partial charge in [-0.05, 0) is 25.5 Å². The SMILES string of the molecule is C[C@@H](OC(=O)[C@H]1CCS(=O)(=O)C1)C(=O)Nc1ccc(F)cc1F. The molecule has 1 aliphatic rings. The number of halogens is 2. The largest absolute Gasteiger partial charge is 0.452 e. The topological polar surface area (TPSA) is 89.5 Å². The lowest BCUT2D eigenvalue weighted by atomic mass is 10.1. The molecule has 0 unspecified atom stereocenters. The Bertz CT molecular complexity index is 735. The highest BCUT2D eigenvalue weighted by Crippen LogP contribution is 2.21. The predicted molar refractivity (Wildman–Crippen MR) is 77.3 cm³/mol. The first-order chi connectivity index (χ1) is 10.7. The number of esters is 1. The second-order valence-electron chi connectivity index (χ2n) is 5.29. The lowest BCUT2D eigenvalue weighted by molar-refractivity contribution is -0.156. The molecule has 0 aromatic heterocycles. The smallest absolute Gasteiger partial charge is 0.310 e. The van der Waals surface area contributed by atoms with Crippen LogP contribution in [-0.2, 0) is 24.2 Å². The molecule has 1 amide bonds. The number of sulfone groups is 1. The van der Waals surface area contributed by atoms with Crippen molar-refractivity contribution in [1.82, 2.24) is 0 Å². The summed E-state index contributed by atoms with van der Waals surface area (Å²) in [5.41, 5.74) is -0.247. The molecule has 6 nitrogen and oxygen atoms in total. The number of nitrogens with one attached hydrogen (secondary N) is 1. The normalized spacial score (nSPS) is 20.7. The monoisotopic (exact) mass is 347 g/mol. The van der Waals surface area contributed by atoms with E-state index in [1.165, 1.54) is 6.92 Å². The van der Waals surface area contributed by atoms with E-state index in [4.69, 9.17) is 4.74 Å². The molecule has 9 heteroatoms. The molecule has 23 heavy (non-hydrogen) atoms. The highest BCUT2D eigenvalue weighted by Gasteiger charge is 2.35. The Morgan fingerprint density at radius 1 is 1.35 bits per heavy atom. The van der Waals surface area contributed by atoms with Gasteiger partial charge in [0.05, 0.1) is 23.1 Å². The molecule has 0 spiro atoms. The van der Waals surface area contributed by atoms with Crippen LogP contribution in [0.2, 0.25) is 0 Å². The van der Waals surface area contributed by atoms with Gasteiger partial charge in [0, 0.05) is 6.07 Å². The minimum Gasteiger partial charge on any atom is -0.452 e. The maximum atomic E-state index is 13.4. The van der Waals surface area contributed by atoms with Crippen LogP contribution in [-0.4, -0.2) is 37.9 Å². The zero-order valence-electron chi connectivity index (χ0n) is 12.2. The van der Waals surface area contributed by atoms with Crippen molar-refractivity contribution in [2.24, 2.45) is 5.92 Å². The first kappa shape index (κ1) is 17.3. The summed E-state index contributed by atoms with van der Waals surface area (Å²) in [5.74, 6) is -4.52. The molecule has 1 aliphatic heterocycles. The summed E-state index contributed by atoms with van der Waals surface area (Å²) in [7, 11) is -3.24. The van der Waals surface area contributed by atoms with Gasteiger partial charge in [-0.1, -0.05) is 0 Å². The third-order valence-electron chi connectivity index (χ3n) is 3.42. The molecular weight excluding hydrogens is 332 g/mol. The molecule has 0 radical (unpaired) electrons. The summed E-state index contributed by atoms with van der Waals surface area (Å²) >= 11 is 0. The Labute approximate surface area is 131 Å². The summed E-state index contributed by atoms with van der Waals surface area (Å²) in [4.78, 5) is 23.7. The van der Waals surface area contributed by atoms with Gasteiger partial charge >= 0.3 is 5.97 Å². The van der Waals surface area contributed by atoms with Crippen molar-refractivity contribution in [2.75, 3.05) is 16.8 Å². The van der Waals surface area contributed by atoms with Gasteiger partial charge in [-0.3, -0.25) is 9.59 Å². The summed E-state index contributed by atoms with van der Waals surface area (Å²) in [5, 5.41) is 2.17. The van der Waals surface area contributed by atoms with Crippen LogP contribution in [0.15, 0.2) is 18.2 Å². The standard InChI is InChI=1S/C14H15F2NO5S/c1-8(22-14(19)9-4-5-23(20,21)7-9)13(18)17-12-3-2-10(15)6-11(12)16/h2-3,6,8-9H,4-5,7H2,1H3,(H,17,18)/t8-,9+/m1/s1. The molecule has 2 rings (SSSR count). The molecule has 1 N–H and O–H groups in total. The van der Waals surface area contributed by atoms with Crippen LogP contribution >= 0.6 is 0 Å². The predicted octanol–water partition coefficient (Wildman–Crippen LogP) is 1.27. The van der Waals surface area contributed by atoms with Gasteiger partial charge in [-0.25, -0.2) is 17.2 Å². The van der Waals surface area contributed by atoms with Crippen molar-refractivity contribution in [3.63, 3.8) is 0 Å². The number of amides is 1. The summed E-state index contributed by atoms with van der Waals surface area (Å²) in [6, 6.07) is 2.62. The Balaban J connectivity index is 1.93. The molecule has 0 aliphatic carbocycles. The van der Waals surface area contributed by atoms with Crippen molar-refractivity contribution in [3.05, 3.63) is 29.8 Å². The Morgan fingerprint density at radius 2 is 2.04 bits per heavy atom. The van der Waals surface area contributed by atoms with E-state index in [0.717, 1.165) is 12.1 Å². The number of ether oxygens (including phenoxy) is 1. The Kier molecular flexibility index (Phi) is 4.98. The zero-order valence-corrected chi connectivity index (χ0v) is 13.0. The summed E-state index contributed by atoms with van der Waals surface area (Å²) in [6.07, 6.45) is -1.09. The molecule has 2 atom stereocenters. The molecule has 1 saturated heterocycles. The zero-order chi connectivity index (χ0) is 17.2. The maximum absolute atomic E-state index is 13.4. The van der Waals surface area contributed by atoms with Gasteiger partial charge in [0.25, 0.3) is 5.91 Å². The van der Waals surface area contributed by atoms with Crippen molar-refractivity contribution >= 4 is 27.4 Å². The quantitative estimate of drug-likeness (QED) is 0.829.